The summed E-state index contributed by atoms with van der Waals surface area (Å²) < 4.78 is 2.84. The number of hydrogen-bond donors (Lipinski definition) is 0. The third-order valence-corrected chi connectivity index (χ3v) is 14.6. The average Bonchev–Trinajstić information content (AvgIpc) is 2.12. The molecule has 0 N–H and O–H groups in total. The lowest BCUT2D eigenvalue weighted by Crippen LogP contribution is -2.62. The summed E-state index contributed by atoms with van der Waals surface area (Å²) in [5, 5.41) is 1.48. The van der Waals surface area contributed by atoms with Crippen LogP contribution in [0.4, 0.5) is 0 Å². The van der Waals surface area contributed by atoms with Crippen LogP contribution in [-0.4, -0.2) is 30.0 Å². The van der Waals surface area contributed by atoms with Gasteiger partial charge in [-0.2, -0.15) is 0 Å². The summed E-state index contributed by atoms with van der Waals surface area (Å²) in [6.45, 7) is 14.8. The second-order valence-electron chi connectivity index (χ2n) is 6.15. The molecule has 0 aliphatic heterocycles. The van der Waals surface area contributed by atoms with Crippen LogP contribution in [0.25, 0.3) is 0 Å². The lowest BCUT2D eigenvalue weighted by atomic mass is 10.4. The van der Waals surface area contributed by atoms with Gasteiger partial charge in [-0.25, -0.2) is 0 Å². The van der Waals surface area contributed by atoms with Crippen molar-refractivity contribution in [3.05, 3.63) is 30.3 Å². The molecule has 16 heavy (non-hydrogen) atoms. The topological polar surface area (TPSA) is 3.24 Å². The SMILES string of the molecule is C[Si](C)(C)N([Si]c1ccccc1)[Si](C)(C)C. The molecule has 1 nitrogen and oxygen atoms in total. The molecule has 88 valence electrons. The van der Waals surface area contributed by atoms with E-state index in [1.165, 1.54) is 5.19 Å². The van der Waals surface area contributed by atoms with Gasteiger partial charge in [-0.05, 0) is 5.19 Å². The van der Waals surface area contributed by atoms with Crippen LogP contribution in [0.5, 0.6) is 0 Å². The first-order chi connectivity index (χ1) is 7.21. The summed E-state index contributed by atoms with van der Waals surface area (Å²) >= 11 is 0. The van der Waals surface area contributed by atoms with Crippen molar-refractivity contribution < 1.29 is 0 Å². The predicted octanol–water partition coefficient (Wildman–Crippen LogP) is 2.90. The summed E-state index contributed by atoms with van der Waals surface area (Å²) in [6, 6.07) is 10.9. The van der Waals surface area contributed by atoms with Crippen molar-refractivity contribution in [2.75, 3.05) is 0 Å². The van der Waals surface area contributed by atoms with Crippen LogP contribution in [0.15, 0.2) is 30.3 Å². The minimum atomic E-state index is -1.20. The Balaban J connectivity index is 2.89. The molecule has 0 bridgehead atoms. The second kappa shape index (κ2) is 5.00. The Morgan fingerprint density at radius 2 is 1.25 bits per heavy atom. The molecule has 0 amide bonds. The van der Waals surface area contributed by atoms with Crippen LogP contribution in [0.3, 0.4) is 0 Å². The molecular weight excluding hydrogens is 242 g/mol. The lowest BCUT2D eigenvalue weighted by Gasteiger charge is -2.43. The van der Waals surface area contributed by atoms with Gasteiger partial charge in [0, 0.05) is 0 Å². The highest BCUT2D eigenvalue weighted by Crippen LogP contribution is 2.17. The van der Waals surface area contributed by atoms with Gasteiger partial charge in [0.2, 0.25) is 0 Å². The normalized spacial score (nSPS) is 13.2. The predicted molar refractivity (Wildman–Crippen MR) is 80.4 cm³/mol. The molecule has 0 aromatic heterocycles. The number of benzene rings is 1. The highest BCUT2D eigenvalue weighted by molar-refractivity contribution is 6.97. The molecular formula is C12H23NSi3. The molecule has 0 atom stereocenters. The molecule has 0 aliphatic rings. The summed E-state index contributed by atoms with van der Waals surface area (Å²) in [7, 11) is -1.54. The Kier molecular flexibility index (Phi) is 4.34. The maximum Gasteiger partial charge on any atom is 0.167 e. The van der Waals surface area contributed by atoms with Crippen molar-refractivity contribution >= 4 is 31.3 Å². The van der Waals surface area contributed by atoms with Crippen LogP contribution in [0.2, 0.25) is 39.3 Å². The molecule has 1 aromatic carbocycles. The van der Waals surface area contributed by atoms with Crippen LogP contribution in [0, 0.1) is 0 Å². The molecule has 0 unspecified atom stereocenters. The molecule has 0 spiro atoms. The molecule has 1 rings (SSSR count). The monoisotopic (exact) mass is 265 g/mol. The zero-order valence-corrected chi connectivity index (χ0v) is 14.3. The maximum absolute atomic E-state index is 2.84. The minimum Gasteiger partial charge on any atom is -0.367 e. The summed E-state index contributed by atoms with van der Waals surface area (Å²) in [4.78, 5) is 0. The van der Waals surface area contributed by atoms with E-state index in [1.807, 2.05) is 0 Å². The van der Waals surface area contributed by atoms with Gasteiger partial charge in [0.05, 0.1) is 0 Å². The highest BCUT2D eigenvalue weighted by Gasteiger charge is 2.34. The Morgan fingerprint density at radius 1 is 0.812 bits per heavy atom. The van der Waals surface area contributed by atoms with Crippen LogP contribution in [-0.2, 0) is 0 Å². The van der Waals surface area contributed by atoms with E-state index in [9.17, 15) is 0 Å². The van der Waals surface area contributed by atoms with E-state index < -0.39 is 16.5 Å². The van der Waals surface area contributed by atoms with Gasteiger partial charge in [-0.3, -0.25) is 0 Å². The molecule has 0 aliphatic carbocycles. The fourth-order valence-electron chi connectivity index (χ4n) is 1.98. The first-order valence-electron chi connectivity index (χ1n) is 5.83. The van der Waals surface area contributed by atoms with Gasteiger partial charge < -0.3 is 3.90 Å². The van der Waals surface area contributed by atoms with Gasteiger partial charge >= 0.3 is 0 Å². The van der Waals surface area contributed by atoms with Gasteiger partial charge in [-0.15, -0.1) is 0 Å². The van der Waals surface area contributed by atoms with Gasteiger partial charge in [0.1, 0.15) is 16.5 Å². The molecule has 0 saturated heterocycles. The molecule has 2 radical (unpaired) electrons. The zero-order valence-electron chi connectivity index (χ0n) is 11.3. The third kappa shape index (κ3) is 4.01. The fraction of sp³-hybridized carbons (Fsp3) is 0.500. The van der Waals surface area contributed by atoms with E-state index in [-0.39, 0.29) is 0 Å². The minimum absolute atomic E-state index is 0.855. The first kappa shape index (κ1) is 13.9. The number of rotatable bonds is 4. The molecule has 0 saturated carbocycles. The van der Waals surface area contributed by atoms with Crippen molar-refractivity contribution in [1.29, 1.82) is 0 Å². The quantitative estimate of drug-likeness (QED) is 0.757. The highest BCUT2D eigenvalue weighted by atomic mass is 28.5. The molecule has 0 fully saturated rings. The summed E-state index contributed by atoms with van der Waals surface area (Å²) in [6.07, 6.45) is 0. The zero-order chi connectivity index (χ0) is 12.4. The first-order valence-corrected chi connectivity index (χ1v) is 13.7. The molecule has 0 heterocycles. The van der Waals surface area contributed by atoms with Crippen molar-refractivity contribution in [2.45, 2.75) is 39.3 Å². The van der Waals surface area contributed by atoms with E-state index in [0.29, 0.717) is 0 Å². The fourth-order valence-corrected chi connectivity index (χ4v) is 14.1. The smallest absolute Gasteiger partial charge is 0.167 e. The summed E-state index contributed by atoms with van der Waals surface area (Å²) in [5.74, 6) is 0. The van der Waals surface area contributed by atoms with E-state index >= 15 is 0 Å². The standard InChI is InChI=1S/C12H23NSi3/c1-15(2,3)13(16(4,5)6)14-12-10-8-7-9-11-12/h7-11H,1-6H3. The van der Waals surface area contributed by atoms with Crippen molar-refractivity contribution in [1.82, 2.24) is 3.90 Å². The maximum atomic E-state index is 2.84. The molecule has 1 aromatic rings. The van der Waals surface area contributed by atoms with Crippen molar-refractivity contribution in [3.8, 4) is 0 Å². The Morgan fingerprint density at radius 3 is 1.62 bits per heavy atom. The van der Waals surface area contributed by atoms with Crippen LogP contribution >= 0.6 is 0 Å². The van der Waals surface area contributed by atoms with E-state index in [1.54, 1.807) is 0 Å². The Hall–Kier alpha value is -0.169. The Bertz CT molecular complexity index is 310. The molecule has 4 heteroatoms. The van der Waals surface area contributed by atoms with Crippen molar-refractivity contribution in [2.24, 2.45) is 0 Å². The van der Waals surface area contributed by atoms with Crippen molar-refractivity contribution in [3.63, 3.8) is 0 Å². The van der Waals surface area contributed by atoms with Crippen LogP contribution in [0.1, 0.15) is 0 Å². The van der Waals surface area contributed by atoms with Gasteiger partial charge in [0.25, 0.3) is 0 Å². The van der Waals surface area contributed by atoms with E-state index in [4.69, 9.17) is 0 Å². The average molecular weight is 266 g/mol. The summed E-state index contributed by atoms with van der Waals surface area (Å²) in [5.41, 5.74) is 0. The second-order valence-corrected chi connectivity index (χ2v) is 18.3. The van der Waals surface area contributed by atoms with Crippen LogP contribution < -0.4 is 5.19 Å². The lowest BCUT2D eigenvalue weighted by molar-refractivity contribution is 0.960. The van der Waals surface area contributed by atoms with E-state index in [0.717, 1.165) is 9.68 Å². The third-order valence-electron chi connectivity index (χ3n) is 2.36. The Labute approximate surface area is 105 Å². The number of nitrogens with zero attached hydrogens (tertiary/aromatic N) is 1. The van der Waals surface area contributed by atoms with Gasteiger partial charge in [-0.1, -0.05) is 69.6 Å². The van der Waals surface area contributed by atoms with E-state index in [2.05, 4.69) is 73.5 Å². The van der Waals surface area contributed by atoms with Gasteiger partial charge in [0.15, 0.2) is 9.68 Å². The number of hydrogen-bond acceptors (Lipinski definition) is 1. The largest absolute Gasteiger partial charge is 0.367 e.